The smallest absolute Gasteiger partial charge is 0.226 e. The summed E-state index contributed by atoms with van der Waals surface area (Å²) in [5, 5.41) is 1.67. The molecule has 6 aromatic heterocycles. The number of aryl methyl sites for hydroxylation is 2. The van der Waals surface area contributed by atoms with Crippen LogP contribution in [0, 0.1) is 0 Å². The fourth-order valence-corrected chi connectivity index (χ4v) is 6.31. The van der Waals surface area contributed by atoms with Crippen molar-refractivity contribution in [3.63, 3.8) is 0 Å². The van der Waals surface area contributed by atoms with Gasteiger partial charge in [-0.1, -0.05) is 0 Å². The minimum Gasteiger partial charge on any atom is -0.445 e. The highest BCUT2D eigenvalue weighted by atomic mass is 16.3. The molecule has 222 valence electrons. The maximum atomic E-state index is 14.4. The van der Waals surface area contributed by atoms with Crippen molar-refractivity contribution in [2.24, 2.45) is 14.1 Å². The Morgan fingerprint density at radius 3 is 1.20 bits per heavy atom. The second-order valence-corrected chi connectivity index (χ2v) is 10.8. The van der Waals surface area contributed by atoms with Crippen LogP contribution in [0.3, 0.4) is 0 Å². The molecule has 12 heteroatoms. The zero-order valence-electron chi connectivity index (χ0n) is 24.2. The van der Waals surface area contributed by atoms with Crippen LogP contribution < -0.4 is 10.9 Å². The van der Waals surface area contributed by atoms with Crippen molar-refractivity contribution in [1.29, 1.82) is 0 Å². The number of fused-ring (bicyclic) bond motifs is 4. The Bertz CT molecular complexity index is 2550. The predicted molar refractivity (Wildman–Crippen MR) is 169 cm³/mol. The van der Waals surface area contributed by atoms with Crippen molar-refractivity contribution in [1.82, 2.24) is 29.1 Å². The van der Waals surface area contributed by atoms with Crippen LogP contribution in [0.2, 0.25) is 0 Å². The van der Waals surface area contributed by atoms with Gasteiger partial charge in [0.15, 0.2) is 10.9 Å². The SMILES string of the molecule is Cn1c2cc3c(=O)c4c(-c5ncco5)cc(-c5ncco5)cc4n(C)c3cc2c(=O)c2c(-c3ncco3)cc(-c3ncco3)cc21. The molecule has 9 aromatic rings. The van der Waals surface area contributed by atoms with E-state index in [4.69, 9.17) is 17.7 Å². The third kappa shape index (κ3) is 3.60. The van der Waals surface area contributed by atoms with E-state index < -0.39 is 0 Å². The van der Waals surface area contributed by atoms with Crippen molar-refractivity contribution < 1.29 is 17.7 Å². The molecule has 12 nitrogen and oxygen atoms in total. The van der Waals surface area contributed by atoms with Crippen molar-refractivity contribution in [2.75, 3.05) is 0 Å². The molecule has 0 aliphatic heterocycles. The molecule has 0 aliphatic carbocycles. The molecule has 0 unspecified atom stereocenters. The van der Waals surface area contributed by atoms with E-state index >= 15 is 0 Å². The van der Waals surface area contributed by atoms with Gasteiger partial charge in [0.25, 0.3) is 0 Å². The second kappa shape index (κ2) is 9.47. The first-order chi connectivity index (χ1) is 22.5. The molecule has 0 N–H and O–H groups in total. The first kappa shape index (κ1) is 25.9. The van der Waals surface area contributed by atoms with E-state index in [1.807, 2.05) is 35.4 Å². The monoisotopic (exact) mass is 608 g/mol. The largest absolute Gasteiger partial charge is 0.445 e. The number of hydrogen-bond donors (Lipinski definition) is 0. The van der Waals surface area contributed by atoms with Crippen molar-refractivity contribution >= 4 is 43.6 Å². The third-order valence-electron chi connectivity index (χ3n) is 8.42. The summed E-state index contributed by atoms with van der Waals surface area (Å²) < 4.78 is 26.3. The van der Waals surface area contributed by atoms with Crippen LogP contribution in [0.25, 0.3) is 89.4 Å². The van der Waals surface area contributed by atoms with Gasteiger partial charge in [0.05, 0.1) is 68.8 Å². The van der Waals surface area contributed by atoms with E-state index in [1.54, 1.807) is 36.7 Å². The first-order valence-electron chi connectivity index (χ1n) is 14.2. The summed E-state index contributed by atoms with van der Waals surface area (Å²) in [4.78, 5) is 46.1. The number of oxazole rings is 4. The first-order valence-corrected chi connectivity index (χ1v) is 14.2. The summed E-state index contributed by atoms with van der Waals surface area (Å²) in [6.07, 6.45) is 12.0. The molecule has 0 bridgehead atoms. The number of rotatable bonds is 4. The standard InChI is InChI=1S/C34H20N6O6/c1-39-23-15-20-24(40(2)26-14-18(32-36-4-8-44-32)12-22(28(26)30(20)42)34-38-6-10-46-34)16-19(23)29(41)27-21(33-37-5-9-45-33)11-17(13-25(27)39)31-35-3-7-43-31/h3-16H,1-2H3. The Hall–Kier alpha value is -6.56. The molecule has 0 spiro atoms. The average molecular weight is 609 g/mol. The van der Waals surface area contributed by atoms with Crippen molar-refractivity contribution in [3.8, 4) is 45.8 Å². The van der Waals surface area contributed by atoms with Gasteiger partial charge in [0.1, 0.15) is 25.1 Å². The fraction of sp³-hybridized carbons (Fsp3) is 0.0588. The number of hydrogen-bond acceptors (Lipinski definition) is 10. The molecular weight excluding hydrogens is 588 g/mol. The van der Waals surface area contributed by atoms with Gasteiger partial charge in [-0.2, -0.15) is 0 Å². The van der Waals surface area contributed by atoms with Gasteiger partial charge in [0, 0.05) is 36.0 Å². The van der Waals surface area contributed by atoms with E-state index in [9.17, 15) is 9.59 Å². The molecule has 0 saturated carbocycles. The fourth-order valence-electron chi connectivity index (χ4n) is 6.31. The Kier molecular flexibility index (Phi) is 5.33. The molecule has 46 heavy (non-hydrogen) atoms. The van der Waals surface area contributed by atoms with Crippen LogP contribution >= 0.6 is 0 Å². The highest BCUT2D eigenvalue weighted by Crippen LogP contribution is 2.36. The number of nitrogens with zero attached hydrogens (tertiary/aromatic N) is 6. The van der Waals surface area contributed by atoms with Gasteiger partial charge in [-0.25, -0.2) is 19.9 Å². The lowest BCUT2D eigenvalue weighted by Gasteiger charge is -2.17. The maximum Gasteiger partial charge on any atom is 0.226 e. The molecule has 3 aromatic carbocycles. The summed E-state index contributed by atoms with van der Waals surface area (Å²) >= 11 is 0. The molecule has 0 aliphatic rings. The Morgan fingerprint density at radius 1 is 0.478 bits per heavy atom. The molecule has 9 rings (SSSR count). The summed E-state index contributed by atoms with van der Waals surface area (Å²) in [5.74, 6) is 1.33. The van der Waals surface area contributed by atoms with Crippen LogP contribution in [-0.2, 0) is 14.1 Å². The van der Waals surface area contributed by atoms with Crippen LogP contribution in [0.1, 0.15) is 0 Å². The van der Waals surface area contributed by atoms with Gasteiger partial charge in [0.2, 0.25) is 23.6 Å². The summed E-state index contributed by atoms with van der Waals surface area (Å²) in [6.45, 7) is 0. The minimum atomic E-state index is -0.237. The highest BCUT2D eigenvalue weighted by Gasteiger charge is 2.23. The van der Waals surface area contributed by atoms with Crippen LogP contribution in [0.5, 0.6) is 0 Å². The minimum absolute atomic E-state index is 0.237. The summed E-state index contributed by atoms with van der Waals surface area (Å²) in [5.41, 5.74) is 4.12. The molecule has 0 saturated heterocycles. The second-order valence-electron chi connectivity index (χ2n) is 10.8. The molecular formula is C34H20N6O6. The van der Waals surface area contributed by atoms with Gasteiger partial charge >= 0.3 is 0 Å². The Morgan fingerprint density at radius 2 is 0.848 bits per heavy atom. The van der Waals surface area contributed by atoms with Gasteiger partial charge < -0.3 is 26.8 Å². The normalized spacial score (nSPS) is 11.9. The Balaban J connectivity index is 1.43. The van der Waals surface area contributed by atoms with E-state index in [1.165, 1.54) is 37.4 Å². The van der Waals surface area contributed by atoms with E-state index in [2.05, 4.69) is 19.9 Å². The number of aromatic nitrogens is 6. The molecule has 0 amide bonds. The third-order valence-corrected chi connectivity index (χ3v) is 8.42. The molecule has 0 fully saturated rings. The zero-order valence-corrected chi connectivity index (χ0v) is 24.2. The molecule has 6 heterocycles. The Labute approximate surface area is 256 Å². The zero-order chi connectivity index (χ0) is 31.1. The lowest BCUT2D eigenvalue weighted by molar-refractivity contribution is 0.572. The topological polar surface area (TPSA) is 148 Å². The van der Waals surface area contributed by atoms with Gasteiger partial charge in [-0.15, -0.1) is 0 Å². The van der Waals surface area contributed by atoms with Crippen molar-refractivity contribution in [3.05, 3.63) is 107 Å². The van der Waals surface area contributed by atoms with Crippen LogP contribution in [0.15, 0.2) is 113 Å². The van der Waals surface area contributed by atoms with Crippen LogP contribution in [0.4, 0.5) is 0 Å². The van der Waals surface area contributed by atoms with Crippen molar-refractivity contribution in [2.45, 2.75) is 0 Å². The summed E-state index contributed by atoms with van der Waals surface area (Å²) in [6, 6.07) is 10.8. The number of benzene rings is 3. The average Bonchev–Trinajstić information content (AvgIpc) is 3.92. The lowest BCUT2D eigenvalue weighted by atomic mass is 9.98. The quantitative estimate of drug-likeness (QED) is 0.208. The van der Waals surface area contributed by atoms with Crippen LogP contribution in [-0.4, -0.2) is 29.1 Å². The number of pyridine rings is 2. The predicted octanol–water partition coefficient (Wildman–Crippen LogP) is 6.32. The maximum absolute atomic E-state index is 14.4. The van der Waals surface area contributed by atoms with E-state index in [0.29, 0.717) is 77.6 Å². The summed E-state index contributed by atoms with van der Waals surface area (Å²) in [7, 11) is 3.70. The van der Waals surface area contributed by atoms with E-state index in [0.717, 1.165) is 0 Å². The molecule has 0 atom stereocenters. The lowest BCUT2D eigenvalue weighted by Crippen LogP contribution is -2.15. The van der Waals surface area contributed by atoms with E-state index in [-0.39, 0.29) is 22.6 Å². The highest BCUT2D eigenvalue weighted by molar-refractivity contribution is 6.08. The van der Waals surface area contributed by atoms with Gasteiger partial charge in [-0.3, -0.25) is 9.59 Å². The van der Waals surface area contributed by atoms with Gasteiger partial charge in [-0.05, 0) is 36.4 Å². The molecule has 0 radical (unpaired) electrons.